The number of hydrogen-bond acceptors (Lipinski definition) is 6. The first kappa shape index (κ1) is 22.5. The molecule has 2 amide bonds. The summed E-state index contributed by atoms with van der Waals surface area (Å²) in [6, 6.07) is 15.8. The maximum absolute atomic E-state index is 14.3. The molecule has 0 spiro atoms. The number of para-hydroxylation sites is 2. The van der Waals surface area contributed by atoms with E-state index in [1.54, 1.807) is 18.2 Å². The van der Waals surface area contributed by atoms with Crippen molar-refractivity contribution in [1.29, 1.82) is 0 Å². The van der Waals surface area contributed by atoms with Gasteiger partial charge in [0.2, 0.25) is 5.91 Å². The molecular formula is C25H21FN4O2S2. The number of carbonyl (C=O) groups is 2. The fourth-order valence-electron chi connectivity index (χ4n) is 3.56. The monoisotopic (exact) mass is 492 g/mol. The third-order valence-corrected chi connectivity index (χ3v) is 7.18. The summed E-state index contributed by atoms with van der Waals surface area (Å²) in [6.07, 6.45) is 2.04. The van der Waals surface area contributed by atoms with Crippen LogP contribution in [0.25, 0.3) is 10.9 Å². The van der Waals surface area contributed by atoms with Crippen LogP contribution in [0.5, 0.6) is 0 Å². The fraction of sp³-hybridized carbons (Fsp3) is 0.200. The zero-order valence-corrected chi connectivity index (χ0v) is 20.0. The highest BCUT2D eigenvalue weighted by Crippen LogP contribution is 2.33. The predicted octanol–water partition coefficient (Wildman–Crippen LogP) is 5.70. The van der Waals surface area contributed by atoms with Crippen molar-refractivity contribution < 1.29 is 14.0 Å². The van der Waals surface area contributed by atoms with Gasteiger partial charge in [-0.2, -0.15) is 0 Å². The lowest BCUT2D eigenvalue weighted by Crippen LogP contribution is -2.25. The van der Waals surface area contributed by atoms with Crippen molar-refractivity contribution in [3.05, 3.63) is 77.1 Å². The van der Waals surface area contributed by atoms with Gasteiger partial charge in [-0.1, -0.05) is 42.1 Å². The molecule has 0 radical (unpaired) electrons. The molecule has 1 aliphatic rings. The van der Waals surface area contributed by atoms with Gasteiger partial charge >= 0.3 is 0 Å². The van der Waals surface area contributed by atoms with Gasteiger partial charge in [-0.15, -0.1) is 11.3 Å². The fourth-order valence-corrected chi connectivity index (χ4v) is 5.35. The lowest BCUT2D eigenvalue weighted by Gasteiger charge is -2.18. The molecule has 4 aromatic rings. The van der Waals surface area contributed by atoms with Crippen LogP contribution in [0.15, 0.2) is 65.0 Å². The number of pyridine rings is 1. The van der Waals surface area contributed by atoms with E-state index >= 15 is 0 Å². The van der Waals surface area contributed by atoms with E-state index in [1.807, 2.05) is 35.7 Å². The summed E-state index contributed by atoms with van der Waals surface area (Å²) in [5, 5.41) is 6.85. The Kier molecular flexibility index (Phi) is 6.30. The zero-order valence-electron chi connectivity index (χ0n) is 18.3. The third kappa shape index (κ3) is 4.80. The van der Waals surface area contributed by atoms with Gasteiger partial charge in [0.05, 0.1) is 27.5 Å². The number of rotatable bonds is 7. The van der Waals surface area contributed by atoms with Gasteiger partial charge in [0.1, 0.15) is 5.82 Å². The quantitative estimate of drug-likeness (QED) is 0.335. The Bertz CT molecular complexity index is 1390. The van der Waals surface area contributed by atoms with Crippen molar-refractivity contribution in [2.45, 2.75) is 36.6 Å². The number of thiazole rings is 1. The number of aromatic nitrogens is 2. The molecule has 2 aromatic heterocycles. The average molecular weight is 493 g/mol. The molecule has 0 bridgehead atoms. The molecular weight excluding hydrogens is 471 g/mol. The SMILES string of the molecule is CC(=O)N(c1nc(CSc2cc(C(=O)NC3CC3)c3ccccc3n2)cs1)c1ccccc1F. The number of halogens is 1. The average Bonchev–Trinajstić information content (AvgIpc) is 3.53. The topological polar surface area (TPSA) is 75.2 Å². The summed E-state index contributed by atoms with van der Waals surface area (Å²) in [4.78, 5) is 35.6. The number of nitrogens with zero attached hydrogens (tertiary/aromatic N) is 3. The molecule has 34 heavy (non-hydrogen) atoms. The van der Waals surface area contributed by atoms with Crippen LogP contribution in [0.4, 0.5) is 15.2 Å². The standard InChI is InChI=1S/C25H21FN4O2S2/c1-15(31)30(22-9-5-3-7-20(22)26)25-28-17(14-34-25)13-33-23-12-19(24(32)27-16-10-11-16)18-6-2-4-8-21(18)29-23/h2-9,12,14,16H,10-11,13H2,1H3,(H,27,32). The number of fused-ring (bicyclic) bond motifs is 1. The van der Waals surface area contributed by atoms with Crippen LogP contribution < -0.4 is 10.2 Å². The van der Waals surface area contributed by atoms with E-state index in [-0.39, 0.29) is 23.5 Å². The van der Waals surface area contributed by atoms with E-state index in [1.165, 1.54) is 41.0 Å². The van der Waals surface area contributed by atoms with Crippen LogP contribution in [-0.4, -0.2) is 27.8 Å². The molecule has 0 aliphatic heterocycles. The van der Waals surface area contributed by atoms with Gasteiger partial charge in [-0.3, -0.25) is 14.5 Å². The second-order valence-electron chi connectivity index (χ2n) is 7.99. The number of benzene rings is 2. The molecule has 0 saturated heterocycles. The molecule has 172 valence electrons. The molecule has 9 heteroatoms. The minimum Gasteiger partial charge on any atom is -0.349 e. The Balaban J connectivity index is 1.37. The highest BCUT2D eigenvalue weighted by molar-refractivity contribution is 7.98. The summed E-state index contributed by atoms with van der Waals surface area (Å²) < 4.78 is 14.3. The molecule has 1 aliphatic carbocycles. The molecule has 0 atom stereocenters. The minimum atomic E-state index is -0.485. The largest absolute Gasteiger partial charge is 0.349 e. The molecule has 5 rings (SSSR count). The molecule has 2 aromatic carbocycles. The molecule has 2 heterocycles. The van der Waals surface area contributed by atoms with Crippen LogP contribution in [0, 0.1) is 5.82 Å². The number of nitrogens with one attached hydrogen (secondary N) is 1. The summed E-state index contributed by atoms with van der Waals surface area (Å²) >= 11 is 2.74. The molecule has 1 fully saturated rings. The van der Waals surface area contributed by atoms with E-state index < -0.39 is 5.82 Å². The van der Waals surface area contributed by atoms with Gasteiger partial charge in [0, 0.05) is 29.5 Å². The number of carbonyl (C=O) groups excluding carboxylic acids is 2. The smallest absolute Gasteiger partial charge is 0.252 e. The maximum atomic E-state index is 14.3. The van der Waals surface area contributed by atoms with Crippen molar-refractivity contribution in [1.82, 2.24) is 15.3 Å². The van der Waals surface area contributed by atoms with Crippen molar-refractivity contribution in [2.75, 3.05) is 4.90 Å². The highest BCUT2D eigenvalue weighted by Gasteiger charge is 2.25. The molecule has 1 saturated carbocycles. The first-order valence-corrected chi connectivity index (χ1v) is 12.7. The predicted molar refractivity (Wildman–Crippen MR) is 133 cm³/mol. The Hall–Kier alpha value is -3.30. The van der Waals surface area contributed by atoms with Gasteiger partial charge in [-0.25, -0.2) is 14.4 Å². The second kappa shape index (κ2) is 9.52. The molecule has 6 nitrogen and oxygen atoms in total. The number of amides is 2. The van der Waals surface area contributed by atoms with Crippen molar-refractivity contribution in [3.8, 4) is 0 Å². The Morgan fingerprint density at radius 2 is 1.91 bits per heavy atom. The van der Waals surface area contributed by atoms with Gasteiger partial charge in [0.15, 0.2) is 5.13 Å². The van der Waals surface area contributed by atoms with Gasteiger partial charge in [0.25, 0.3) is 5.91 Å². The van der Waals surface area contributed by atoms with Crippen LogP contribution in [0.3, 0.4) is 0 Å². The molecule has 1 N–H and O–H groups in total. The summed E-state index contributed by atoms with van der Waals surface area (Å²) in [7, 11) is 0. The minimum absolute atomic E-state index is 0.0825. The third-order valence-electron chi connectivity index (χ3n) is 5.36. The molecule has 0 unspecified atom stereocenters. The Labute approximate surface area is 204 Å². The van der Waals surface area contributed by atoms with E-state index in [4.69, 9.17) is 4.98 Å². The van der Waals surface area contributed by atoms with Gasteiger partial charge < -0.3 is 5.32 Å². The lowest BCUT2D eigenvalue weighted by molar-refractivity contribution is -0.115. The number of hydrogen-bond donors (Lipinski definition) is 1. The summed E-state index contributed by atoms with van der Waals surface area (Å²) in [5.41, 5.74) is 2.29. The van der Waals surface area contributed by atoms with Gasteiger partial charge in [-0.05, 0) is 37.1 Å². The van der Waals surface area contributed by atoms with Crippen LogP contribution in [0.1, 0.15) is 35.8 Å². The van der Waals surface area contributed by atoms with E-state index in [2.05, 4.69) is 10.3 Å². The van der Waals surface area contributed by atoms with Crippen LogP contribution in [-0.2, 0) is 10.5 Å². The number of anilines is 2. The Morgan fingerprint density at radius 1 is 1.15 bits per heavy atom. The number of thioether (sulfide) groups is 1. The van der Waals surface area contributed by atoms with Crippen LogP contribution >= 0.6 is 23.1 Å². The van der Waals surface area contributed by atoms with E-state index in [0.717, 1.165) is 29.4 Å². The maximum Gasteiger partial charge on any atom is 0.252 e. The lowest BCUT2D eigenvalue weighted by atomic mass is 10.1. The van der Waals surface area contributed by atoms with Crippen LogP contribution in [0.2, 0.25) is 0 Å². The van der Waals surface area contributed by atoms with Crippen molar-refractivity contribution >= 4 is 56.6 Å². The highest BCUT2D eigenvalue weighted by atomic mass is 32.2. The summed E-state index contributed by atoms with van der Waals surface area (Å²) in [5.74, 6) is -0.391. The zero-order chi connectivity index (χ0) is 23.7. The van der Waals surface area contributed by atoms with Crippen molar-refractivity contribution in [2.24, 2.45) is 0 Å². The Morgan fingerprint density at radius 3 is 2.68 bits per heavy atom. The summed E-state index contributed by atoms with van der Waals surface area (Å²) in [6.45, 7) is 1.38. The first-order chi connectivity index (χ1) is 16.5. The van der Waals surface area contributed by atoms with E-state index in [9.17, 15) is 14.0 Å². The first-order valence-electron chi connectivity index (χ1n) is 10.8. The van der Waals surface area contributed by atoms with Crippen molar-refractivity contribution in [3.63, 3.8) is 0 Å². The normalized spacial score (nSPS) is 13.1. The second-order valence-corrected chi connectivity index (χ2v) is 9.82. The van der Waals surface area contributed by atoms with E-state index in [0.29, 0.717) is 21.5 Å².